The summed E-state index contributed by atoms with van der Waals surface area (Å²) in [5.41, 5.74) is 2.60. The number of hydrogen-bond acceptors (Lipinski definition) is 4. The van der Waals surface area contributed by atoms with Crippen molar-refractivity contribution in [1.29, 1.82) is 0 Å². The first-order valence-corrected chi connectivity index (χ1v) is 11.0. The zero-order chi connectivity index (χ0) is 20.6. The van der Waals surface area contributed by atoms with Gasteiger partial charge < -0.3 is 19.5 Å². The predicted octanol–water partition coefficient (Wildman–Crippen LogP) is 5.27. The van der Waals surface area contributed by atoms with Gasteiger partial charge in [-0.15, -0.1) is 0 Å². The Morgan fingerprint density at radius 3 is 2.60 bits per heavy atom. The average Bonchev–Trinajstić information content (AvgIpc) is 2.80. The van der Waals surface area contributed by atoms with Gasteiger partial charge in [-0.25, -0.2) is 0 Å². The first-order chi connectivity index (χ1) is 14.8. The summed E-state index contributed by atoms with van der Waals surface area (Å²) in [7, 11) is 0. The van der Waals surface area contributed by atoms with Crippen molar-refractivity contribution in [2.45, 2.75) is 38.5 Å². The van der Waals surface area contributed by atoms with E-state index in [0.717, 1.165) is 31.7 Å². The Balaban J connectivity index is 1.24. The molecule has 0 unspecified atom stereocenters. The third-order valence-corrected chi connectivity index (χ3v) is 5.57. The molecule has 4 nitrogen and oxygen atoms in total. The maximum atomic E-state index is 6.05. The number of benzene rings is 3. The Labute approximate surface area is 179 Å². The lowest BCUT2D eigenvalue weighted by atomic mass is 9.94. The van der Waals surface area contributed by atoms with Crippen LogP contribution in [0.4, 0.5) is 0 Å². The van der Waals surface area contributed by atoms with Gasteiger partial charge in [-0.05, 0) is 60.3 Å². The number of fused-ring (bicyclic) bond motifs is 1. The van der Waals surface area contributed by atoms with Crippen molar-refractivity contribution < 1.29 is 14.2 Å². The molecule has 0 atom stereocenters. The van der Waals surface area contributed by atoms with Crippen LogP contribution >= 0.6 is 0 Å². The fraction of sp³-hybridized carbons (Fsp3) is 0.385. The summed E-state index contributed by atoms with van der Waals surface area (Å²) >= 11 is 0. The minimum absolute atomic E-state index is 0.0979. The maximum absolute atomic E-state index is 6.05. The van der Waals surface area contributed by atoms with Crippen molar-refractivity contribution in [3.8, 4) is 5.75 Å². The topological polar surface area (TPSA) is 39.7 Å². The summed E-state index contributed by atoms with van der Waals surface area (Å²) in [5, 5.41) is 5.94. The molecule has 1 aliphatic heterocycles. The summed E-state index contributed by atoms with van der Waals surface area (Å²) in [6, 6.07) is 23.2. The minimum Gasteiger partial charge on any atom is -0.494 e. The van der Waals surface area contributed by atoms with E-state index in [1.807, 2.05) is 19.1 Å². The van der Waals surface area contributed by atoms with Gasteiger partial charge in [-0.2, -0.15) is 0 Å². The van der Waals surface area contributed by atoms with E-state index in [0.29, 0.717) is 19.8 Å². The quantitative estimate of drug-likeness (QED) is 0.493. The number of ether oxygens (including phenoxy) is 3. The van der Waals surface area contributed by atoms with Gasteiger partial charge in [0.25, 0.3) is 0 Å². The van der Waals surface area contributed by atoms with Crippen molar-refractivity contribution >= 4 is 10.8 Å². The Morgan fingerprint density at radius 1 is 0.967 bits per heavy atom. The van der Waals surface area contributed by atoms with Gasteiger partial charge in [-0.1, -0.05) is 54.6 Å². The summed E-state index contributed by atoms with van der Waals surface area (Å²) < 4.78 is 17.7. The minimum atomic E-state index is -0.0979. The Bertz CT molecular complexity index is 920. The predicted molar refractivity (Wildman–Crippen MR) is 121 cm³/mol. The molecule has 0 amide bonds. The van der Waals surface area contributed by atoms with Crippen LogP contribution in [0.1, 0.15) is 36.8 Å². The molecule has 158 valence electrons. The molecule has 30 heavy (non-hydrogen) atoms. The highest BCUT2D eigenvalue weighted by molar-refractivity contribution is 5.87. The largest absolute Gasteiger partial charge is 0.494 e. The van der Waals surface area contributed by atoms with Crippen LogP contribution in [0.15, 0.2) is 66.7 Å². The molecule has 0 aliphatic carbocycles. The lowest BCUT2D eigenvalue weighted by molar-refractivity contribution is -0.189. The molecule has 0 spiro atoms. The van der Waals surface area contributed by atoms with Crippen LogP contribution in [0.25, 0.3) is 10.8 Å². The van der Waals surface area contributed by atoms with E-state index < -0.39 is 0 Å². The molecule has 3 aromatic carbocycles. The monoisotopic (exact) mass is 405 g/mol. The van der Waals surface area contributed by atoms with Crippen molar-refractivity contribution in [3.63, 3.8) is 0 Å². The van der Waals surface area contributed by atoms with E-state index in [2.05, 4.69) is 59.9 Å². The molecule has 0 radical (unpaired) electrons. The number of nitrogens with one attached hydrogen (secondary N) is 1. The molecule has 1 N–H and O–H groups in total. The molecular weight excluding hydrogens is 374 g/mol. The molecule has 0 aromatic heterocycles. The van der Waals surface area contributed by atoms with E-state index in [1.54, 1.807) is 0 Å². The van der Waals surface area contributed by atoms with Crippen molar-refractivity contribution in [3.05, 3.63) is 77.9 Å². The Kier molecular flexibility index (Phi) is 7.35. The molecule has 1 heterocycles. The van der Waals surface area contributed by atoms with E-state index >= 15 is 0 Å². The SMILES string of the molecule is CCOc1ccc2c(C3COC(CCCNCc4ccccc4)OC3)cccc2c1. The van der Waals surface area contributed by atoms with Gasteiger partial charge in [-0.3, -0.25) is 0 Å². The molecule has 1 fully saturated rings. The van der Waals surface area contributed by atoms with Crippen molar-refractivity contribution in [2.24, 2.45) is 0 Å². The van der Waals surface area contributed by atoms with Crippen LogP contribution in [0.3, 0.4) is 0 Å². The normalized spacial score (nSPS) is 19.1. The second-order valence-corrected chi connectivity index (χ2v) is 7.76. The molecule has 4 rings (SSSR count). The first-order valence-electron chi connectivity index (χ1n) is 11.0. The smallest absolute Gasteiger partial charge is 0.157 e. The van der Waals surface area contributed by atoms with E-state index in [1.165, 1.54) is 21.9 Å². The number of hydrogen-bond donors (Lipinski definition) is 1. The van der Waals surface area contributed by atoms with Crippen LogP contribution in [-0.2, 0) is 16.0 Å². The van der Waals surface area contributed by atoms with E-state index in [4.69, 9.17) is 14.2 Å². The van der Waals surface area contributed by atoms with Crippen LogP contribution in [0.2, 0.25) is 0 Å². The lowest BCUT2D eigenvalue weighted by Gasteiger charge is -2.30. The van der Waals surface area contributed by atoms with Gasteiger partial charge >= 0.3 is 0 Å². The van der Waals surface area contributed by atoms with Crippen LogP contribution < -0.4 is 10.1 Å². The van der Waals surface area contributed by atoms with Crippen molar-refractivity contribution in [2.75, 3.05) is 26.4 Å². The zero-order valence-electron chi connectivity index (χ0n) is 17.7. The molecule has 0 bridgehead atoms. The summed E-state index contributed by atoms with van der Waals surface area (Å²) in [6.07, 6.45) is 1.86. The summed E-state index contributed by atoms with van der Waals surface area (Å²) in [4.78, 5) is 0. The number of rotatable bonds is 9. The van der Waals surface area contributed by atoms with Gasteiger partial charge in [0, 0.05) is 12.5 Å². The standard InChI is InChI=1S/C26H31NO3/c1-2-28-23-13-14-25-21(16-23)10-6-11-24(25)22-18-29-26(30-19-22)12-7-15-27-17-20-8-4-3-5-9-20/h3-6,8-11,13-14,16,22,26-27H,2,7,12,15,17-19H2,1H3. The Morgan fingerprint density at radius 2 is 1.80 bits per heavy atom. The first kappa shape index (κ1) is 20.9. The summed E-state index contributed by atoms with van der Waals surface area (Å²) in [6.45, 7) is 5.96. The van der Waals surface area contributed by atoms with Gasteiger partial charge in [0.05, 0.1) is 19.8 Å². The fourth-order valence-electron chi connectivity index (χ4n) is 4.01. The molecule has 0 saturated carbocycles. The van der Waals surface area contributed by atoms with Gasteiger partial charge in [0.1, 0.15) is 5.75 Å². The fourth-order valence-corrected chi connectivity index (χ4v) is 4.01. The molecular formula is C26H31NO3. The third-order valence-electron chi connectivity index (χ3n) is 5.57. The average molecular weight is 406 g/mol. The van der Waals surface area contributed by atoms with E-state index in [-0.39, 0.29) is 12.2 Å². The zero-order valence-corrected chi connectivity index (χ0v) is 17.7. The molecule has 1 saturated heterocycles. The highest BCUT2D eigenvalue weighted by Crippen LogP contribution is 2.31. The van der Waals surface area contributed by atoms with Crippen LogP contribution in [-0.4, -0.2) is 32.7 Å². The van der Waals surface area contributed by atoms with Crippen LogP contribution in [0, 0.1) is 0 Å². The van der Waals surface area contributed by atoms with Gasteiger partial charge in [0.2, 0.25) is 0 Å². The Hall–Kier alpha value is -2.40. The molecule has 3 aromatic rings. The molecule has 1 aliphatic rings. The summed E-state index contributed by atoms with van der Waals surface area (Å²) in [5.74, 6) is 1.18. The second kappa shape index (κ2) is 10.6. The van der Waals surface area contributed by atoms with E-state index in [9.17, 15) is 0 Å². The van der Waals surface area contributed by atoms with Crippen LogP contribution in [0.5, 0.6) is 5.75 Å². The highest BCUT2D eigenvalue weighted by atomic mass is 16.7. The van der Waals surface area contributed by atoms with Gasteiger partial charge in [0.15, 0.2) is 6.29 Å². The molecule has 4 heteroatoms. The second-order valence-electron chi connectivity index (χ2n) is 7.76. The maximum Gasteiger partial charge on any atom is 0.157 e. The van der Waals surface area contributed by atoms with Crippen molar-refractivity contribution in [1.82, 2.24) is 5.32 Å². The lowest BCUT2D eigenvalue weighted by Crippen LogP contribution is -2.31. The third kappa shape index (κ3) is 5.39. The highest BCUT2D eigenvalue weighted by Gasteiger charge is 2.24.